The van der Waals surface area contributed by atoms with Crippen LogP contribution in [0, 0.1) is 0 Å². The summed E-state index contributed by atoms with van der Waals surface area (Å²) in [5.74, 6) is 0.583. The summed E-state index contributed by atoms with van der Waals surface area (Å²) in [7, 11) is 0. The lowest BCUT2D eigenvalue weighted by molar-refractivity contribution is 0.447. The molecule has 0 aliphatic carbocycles. The number of hydrogen-bond donors (Lipinski definition) is 1. The third kappa shape index (κ3) is 2.82. The molecule has 19 heavy (non-hydrogen) atoms. The average molecular weight is 300 g/mol. The molecule has 0 aliphatic heterocycles. The highest BCUT2D eigenvalue weighted by molar-refractivity contribution is 6.43. The van der Waals surface area contributed by atoms with Gasteiger partial charge in [-0.25, -0.2) is 4.68 Å². The summed E-state index contributed by atoms with van der Waals surface area (Å²) in [6, 6.07) is 3.53. The maximum atomic E-state index is 6.21. The lowest BCUT2D eigenvalue weighted by atomic mass is 10.1. The molecule has 2 N–H and O–H groups in total. The van der Waals surface area contributed by atoms with Crippen LogP contribution in [0.4, 0.5) is 5.69 Å². The Kier molecular flexibility index (Phi) is 4.27. The summed E-state index contributed by atoms with van der Waals surface area (Å²) >= 11 is 12.3. The fourth-order valence-electron chi connectivity index (χ4n) is 1.98. The monoisotopic (exact) mass is 299 g/mol. The van der Waals surface area contributed by atoms with Gasteiger partial charge in [0.1, 0.15) is 0 Å². The molecule has 0 bridgehead atoms. The molecule has 0 saturated carbocycles. The highest BCUT2D eigenvalue weighted by Crippen LogP contribution is 2.35. The van der Waals surface area contributed by atoms with Gasteiger partial charge in [0.2, 0.25) is 0 Å². The third-order valence-electron chi connectivity index (χ3n) is 2.91. The molecule has 2 rings (SSSR count). The minimum Gasteiger partial charge on any atom is -0.399 e. The summed E-state index contributed by atoms with van der Waals surface area (Å²) in [6.07, 6.45) is 2.03. The van der Waals surface area contributed by atoms with Crippen LogP contribution in [-0.4, -0.2) is 20.2 Å². The van der Waals surface area contributed by atoms with Crippen LogP contribution >= 0.6 is 23.2 Å². The van der Waals surface area contributed by atoms with Crippen LogP contribution in [0.1, 0.15) is 32.7 Å². The van der Waals surface area contributed by atoms with Gasteiger partial charge in [0.15, 0.2) is 5.82 Å². The summed E-state index contributed by atoms with van der Waals surface area (Å²) in [6.45, 7) is 4.18. The van der Waals surface area contributed by atoms with E-state index >= 15 is 0 Å². The third-order valence-corrected chi connectivity index (χ3v) is 3.71. The number of nitrogen functional groups attached to an aromatic ring is 1. The van der Waals surface area contributed by atoms with Crippen molar-refractivity contribution in [2.75, 3.05) is 5.73 Å². The molecule has 0 saturated heterocycles. The highest BCUT2D eigenvalue weighted by atomic mass is 35.5. The van der Waals surface area contributed by atoms with Crippen LogP contribution < -0.4 is 5.73 Å². The van der Waals surface area contributed by atoms with E-state index in [2.05, 4.69) is 29.4 Å². The van der Waals surface area contributed by atoms with Gasteiger partial charge in [0, 0.05) is 11.3 Å². The van der Waals surface area contributed by atoms with Crippen LogP contribution in [0.15, 0.2) is 12.1 Å². The first-order valence-corrected chi connectivity index (χ1v) is 6.83. The van der Waals surface area contributed by atoms with Gasteiger partial charge in [-0.2, -0.15) is 0 Å². The molecule has 1 aromatic carbocycles. The van der Waals surface area contributed by atoms with Gasteiger partial charge in [-0.15, -0.1) is 5.10 Å². The zero-order valence-electron chi connectivity index (χ0n) is 10.8. The highest BCUT2D eigenvalue weighted by Gasteiger charge is 2.18. The standard InChI is InChI=1S/C12H15Cl2N5/c1-3-4-7(2)19-12(16-17-18-19)9-5-8(15)6-10(13)11(9)14/h5-7H,3-4,15H2,1-2H3. The van der Waals surface area contributed by atoms with E-state index in [1.807, 2.05) is 0 Å². The van der Waals surface area contributed by atoms with Crippen molar-refractivity contribution in [1.82, 2.24) is 20.2 Å². The van der Waals surface area contributed by atoms with Crippen molar-refractivity contribution in [3.63, 3.8) is 0 Å². The number of nitrogens with two attached hydrogens (primary N) is 1. The first-order valence-electron chi connectivity index (χ1n) is 6.07. The smallest absolute Gasteiger partial charge is 0.183 e. The molecule has 7 heteroatoms. The van der Waals surface area contributed by atoms with Gasteiger partial charge in [0.25, 0.3) is 0 Å². The molecular weight excluding hydrogens is 285 g/mol. The van der Waals surface area contributed by atoms with Gasteiger partial charge >= 0.3 is 0 Å². The van der Waals surface area contributed by atoms with Crippen LogP contribution in [0.25, 0.3) is 11.4 Å². The number of rotatable bonds is 4. The SMILES string of the molecule is CCCC(C)n1nnnc1-c1cc(N)cc(Cl)c1Cl. The molecular formula is C12H15Cl2N5. The van der Waals surface area contributed by atoms with E-state index in [0.717, 1.165) is 12.8 Å². The maximum absolute atomic E-state index is 6.21. The van der Waals surface area contributed by atoms with E-state index in [-0.39, 0.29) is 6.04 Å². The van der Waals surface area contributed by atoms with Crippen molar-refractivity contribution in [3.8, 4) is 11.4 Å². The predicted octanol–water partition coefficient (Wildman–Crippen LogP) is 3.59. The van der Waals surface area contributed by atoms with Crippen LogP contribution in [0.5, 0.6) is 0 Å². The largest absolute Gasteiger partial charge is 0.399 e. The summed E-state index contributed by atoms with van der Waals surface area (Å²) in [4.78, 5) is 0. The Labute approximate surface area is 121 Å². The first kappa shape index (κ1) is 14.1. The Morgan fingerprint density at radius 3 is 2.79 bits per heavy atom. The minimum absolute atomic E-state index is 0.186. The van der Waals surface area contributed by atoms with E-state index in [0.29, 0.717) is 27.1 Å². The molecule has 0 aliphatic rings. The number of tetrazole rings is 1. The molecule has 1 heterocycles. The molecule has 1 atom stereocenters. The minimum atomic E-state index is 0.186. The number of aromatic nitrogens is 4. The Bertz CT molecular complexity index is 581. The number of anilines is 1. The van der Waals surface area contributed by atoms with E-state index in [1.54, 1.807) is 16.8 Å². The van der Waals surface area contributed by atoms with Crippen LogP contribution in [-0.2, 0) is 0 Å². The van der Waals surface area contributed by atoms with Crippen molar-refractivity contribution < 1.29 is 0 Å². The Balaban J connectivity index is 2.51. The molecule has 0 fully saturated rings. The molecule has 2 aromatic rings. The molecule has 1 unspecified atom stereocenters. The van der Waals surface area contributed by atoms with Gasteiger partial charge in [-0.1, -0.05) is 36.5 Å². The van der Waals surface area contributed by atoms with Gasteiger partial charge in [0.05, 0.1) is 16.1 Å². The topological polar surface area (TPSA) is 69.6 Å². The van der Waals surface area contributed by atoms with E-state index in [4.69, 9.17) is 28.9 Å². The van der Waals surface area contributed by atoms with Crippen molar-refractivity contribution in [1.29, 1.82) is 0 Å². The molecule has 102 valence electrons. The predicted molar refractivity (Wildman–Crippen MR) is 77.3 cm³/mol. The lowest BCUT2D eigenvalue weighted by Gasteiger charge is -2.13. The van der Waals surface area contributed by atoms with E-state index in [1.165, 1.54) is 0 Å². The van der Waals surface area contributed by atoms with Crippen LogP contribution in [0.2, 0.25) is 10.0 Å². The fraction of sp³-hybridized carbons (Fsp3) is 0.417. The van der Waals surface area contributed by atoms with Crippen LogP contribution in [0.3, 0.4) is 0 Å². The second kappa shape index (κ2) is 5.75. The normalized spacial score (nSPS) is 12.6. The van der Waals surface area contributed by atoms with E-state index in [9.17, 15) is 0 Å². The molecule has 0 amide bonds. The molecule has 0 radical (unpaired) electrons. The molecule has 1 aromatic heterocycles. The first-order chi connectivity index (χ1) is 9.04. The number of halogens is 2. The molecule has 0 spiro atoms. The zero-order chi connectivity index (χ0) is 14.0. The summed E-state index contributed by atoms with van der Waals surface area (Å²) in [5.41, 5.74) is 6.98. The van der Waals surface area contributed by atoms with Crippen molar-refractivity contribution >= 4 is 28.9 Å². The average Bonchev–Trinajstić information content (AvgIpc) is 2.83. The van der Waals surface area contributed by atoms with Crippen molar-refractivity contribution in [2.24, 2.45) is 0 Å². The molecule has 5 nitrogen and oxygen atoms in total. The Morgan fingerprint density at radius 2 is 2.11 bits per heavy atom. The summed E-state index contributed by atoms with van der Waals surface area (Å²) in [5, 5.41) is 12.6. The van der Waals surface area contributed by atoms with Gasteiger partial charge in [-0.05, 0) is 35.9 Å². The second-order valence-corrected chi connectivity index (χ2v) is 5.23. The quantitative estimate of drug-likeness (QED) is 0.876. The Hall–Kier alpha value is -1.33. The second-order valence-electron chi connectivity index (χ2n) is 4.45. The maximum Gasteiger partial charge on any atom is 0.183 e. The van der Waals surface area contributed by atoms with Crippen molar-refractivity contribution in [3.05, 3.63) is 22.2 Å². The zero-order valence-corrected chi connectivity index (χ0v) is 12.3. The lowest BCUT2D eigenvalue weighted by Crippen LogP contribution is -2.09. The van der Waals surface area contributed by atoms with E-state index < -0.39 is 0 Å². The summed E-state index contributed by atoms with van der Waals surface area (Å²) < 4.78 is 1.75. The Morgan fingerprint density at radius 1 is 1.37 bits per heavy atom. The fourth-order valence-corrected chi connectivity index (χ4v) is 2.40. The van der Waals surface area contributed by atoms with Gasteiger partial charge < -0.3 is 5.73 Å². The number of hydrogen-bond acceptors (Lipinski definition) is 4. The van der Waals surface area contributed by atoms with Gasteiger partial charge in [-0.3, -0.25) is 0 Å². The van der Waals surface area contributed by atoms with Crippen molar-refractivity contribution in [2.45, 2.75) is 32.7 Å². The number of benzene rings is 1. The number of nitrogens with zero attached hydrogens (tertiary/aromatic N) is 4.